The molecule has 4 heteroatoms. The van der Waals surface area contributed by atoms with Gasteiger partial charge in [-0.2, -0.15) is 5.10 Å². The average molecular weight is 230 g/mol. The fourth-order valence-corrected chi connectivity index (χ4v) is 1.84. The lowest BCUT2D eigenvalue weighted by Crippen LogP contribution is -2.00. The van der Waals surface area contributed by atoms with Crippen molar-refractivity contribution < 1.29 is 0 Å². The quantitative estimate of drug-likeness (QED) is 0.817. The highest BCUT2D eigenvalue weighted by atomic mass is 15.3. The molecule has 0 aliphatic carbocycles. The number of benzene rings is 1. The van der Waals surface area contributed by atoms with E-state index >= 15 is 0 Å². The van der Waals surface area contributed by atoms with E-state index in [0.29, 0.717) is 0 Å². The van der Waals surface area contributed by atoms with Gasteiger partial charge in [-0.1, -0.05) is 19.1 Å². The minimum atomic E-state index is 0.776. The van der Waals surface area contributed by atoms with Crippen LogP contribution in [0.15, 0.2) is 24.3 Å². The average Bonchev–Trinajstić information content (AvgIpc) is 2.60. The largest absolute Gasteiger partial charge is 0.399 e. The van der Waals surface area contributed by atoms with Gasteiger partial charge in [0, 0.05) is 25.6 Å². The number of anilines is 1. The summed E-state index contributed by atoms with van der Waals surface area (Å²) in [6, 6.07) is 7.90. The highest BCUT2D eigenvalue weighted by molar-refractivity contribution is 5.41. The maximum atomic E-state index is 5.76. The number of rotatable bonds is 4. The Kier molecular flexibility index (Phi) is 3.42. The van der Waals surface area contributed by atoms with Crippen molar-refractivity contribution in [2.45, 2.75) is 26.2 Å². The molecule has 17 heavy (non-hydrogen) atoms. The molecule has 0 bridgehead atoms. The standard InChI is InChI=1S/C13H18N4/c1-3-5-12-15-13(17(2)16-12)9-10-6-4-7-11(14)8-10/h4,6-8H,3,5,9,14H2,1-2H3. The number of aryl methyl sites for hydroxylation is 2. The summed E-state index contributed by atoms with van der Waals surface area (Å²) in [5, 5.41) is 4.39. The van der Waals surface area contributed by atoms with E-state index in [2.05, 4.69) is 23.1 Å². The summed E-state index contributed by atoms with van der Waals surface area (Å²) in [6.07, 6.45) is 2.78. The Morgan fingerprint density at radius 2 is 2.18 bits per heavy atom. The van der Waals surface area contributed by atoms with Crippen molar-refractivity contribution in [2.75, 3.05) is 5.73 Å². The zero-order valence-electron chi connectivity index (χ0n) is 10.3. The Morgan fingerprint density at radius 1 is 1.35 bits per heavy atom. The van der Waals surface area contributed by atoms with Gasteiger partial charge in [-0.05, 0) is 24.1 Å². The van der Waals surface area contributed by atoms with Gasteiger partial charge in [-0.3, -0.25) is 4.68 Å². The fourth-order valence-electron chi connectivity index (χ4n) is 1.84. The maximum absolute atomic E-state index is 5.76. The molecular formula is C13H18N4. The molecule has 1 aromatic carbocycles. The third kappa shape index (κ3) is 2.84. The Morgan fingerprint density at radius 3 is 2.88 bits per heavy atom. The first-order valence-electron chi connectivity index (χ1n) is 5.92. The van der Waals surface area contributed by atoms with Crippen molar-refractivity contribution in [1.29, 1.82) is 0 Å². The van der Waals surface area contributed by atoms with Crippen LogP contribution in [0.1, 0.15) is 30.6 Å². The first-order valence-corrected chi connectivity index (χ1v) is 5.92. The van der Waals surface area contributed by atoms with E-state index in [1.54, 1.807) is 0 Å². The highest BCUT2D eigenvalue weighted by Gasteiger charge is 2.07. The van der Waals surface area contributed by atoms with E-state index in [0.717, 1.165) is 36.6 Å². The summed E-state index contributed by atoms with van der Waals surface area (Å²) >= 11 is 0. The number of hydrogen-bond acceptors (Lipinski definition) is 3. The van der Waals surface area contributed by atoms with Crippen molar-refractivity contribution in [3.05, 3.63) is 41.5 Å². The molecule has 90 valence electrons. The number of hydrogen-bond donors (Lipinski definition) is 1. The van der Waals surface area contributed by atoms with Crippen molar-refractivity contribution in [2.24, 2.45) is 7.05 Å². The summed E-state index contributed by atoms with van der Waals surface area (Å²) in [6.45, 7) is 2.13. The molecule has 0 saturated heterocycles. The lowest BCUT2D eigenvalue weighted by atomic mass is 10.1. The van der Waals surface area contributed by atoms with Gasteiger partial charge in [0.05, 0.1) is 0 Å². The summed E-state index contributed by atoms with van der Waals surface area (Å²) in [5.41, 5.74) is 7.72. The molecule has 0 radical (unpaired) electrons. The molecule has 2 N–H and O–H groups in total. The predicted octanol–water partition coefficient (Wildman–Crippen LogP) is 1.94. The van der Waals surface area contributed by atoms with Crippen LogP contribution in [0.4, 0.5) is 5.69 Å². The second kappa shape index (κ2) is 4.99. The van der Waals surface area contributed by atoms with Crippen molar-refractivity contribution >= 4 is 5.69 Å². The van der Waals surface area contributed by atoms with Gasteiger partial charge < -0.3 is 5.73 Å². The monoisotopic (exact) mass is 230 g/mol. The van der Waals surface area contributed by atoms with Crippen LogP contribution in [-0.2, 0) is 19.9 Å². The van der Waals surface area contributed by atoms with Gasteiger partial charge in [0.1, 0.15) is 5.82 Å². The number of nitrogen functional groups attached to an aromatic ring is 1. The van der Waals surface area contributed by atoms with E-state index in [1.807, 2.05) is 29.9 Å². The number of nitrogens with two attached hydrogens (primary N) is 1. The molecule has 2 rings (SSSR count). The van der Waals surface area contributed by atoms with Gasteiger partial charge >= 0.3 is 0 Å². The second-order valence-corrected chi connectivity index (χ2v) is 4.24. The van der Waals surface area contributed by atoms with Crippen molar-refractivity contribution in [3.63, 3.8) is 0 Å². The lowest BCUT2D eigenvalue weighted by Gasteiger charge is -2.01. The molecule has 0 fully saturated rings. The Bertz CT molecular complexity index is 502. The fraction of sp³-hybridized carbons (Fsp3) is 0.385. The van der Waals surface area contributed by atoms with Gasteiger partial charge in [0.15, 0.2) is 5.82 Å². The van der Waals surface area contributed by atoms with Gasteiger partial charge in [0.25, 0.3) is 0 Å². The van der Waals surface area contributed by atoms with E-state index in [9.17, 15) is 0 Å². The highest BCUT2D eigenvalue weighted by Crippen LogP contribution is 2.11. The predicted molar refractivity (Wildman–Crippen MR) is 68.7 cm³/mol. The van der Waals surface area contributed by atoms with Crippen molar-refractivity contribution in [1.82, 2.24) is 14.8 Å². The number of nitrogens with zero attached hydrogens (tertiary/aromatic N) is 3. The molecular weight excluding hydrogens is 212 g/mol. The van der Waals surface area contributed by atoms with Crippen molar-refractivity contribution in [3.8, 4) is 0 Å². The first kappa shape index (κ1) is 11.6. The Balaban J connectivity index is 2.18. The first-order chi connectivity index (χ1) is 8.19. The van der Waals surface area contributed by atoms with Gasteiger partial charge in [0.2, 0.25) is 0 Å². The van der Waals surface area contributed by atoms with E-state index in [4.69, 9.17) is 5.73 Å². The van der Waals surface area contributed by atoms with Crippen LogP contribution in [0.3, 0.4) is 0 Å². The van der Waals surface area contributed by atoms with E-state index in [-0.39, 0.29) is 0 Å². The zero-order chi connectivity index (χ0) is 12.3. The normalized spacial score (nSPS) is 10.7. The second-order valence-electron chi connectivity index (χ2n) is 4.24. The molecule has 1 aromatic heterocycles. The van der Waals surface area contributed by atoms with Crippen LogP contribution in [0.25, 0.3) is 0 Å². The van der Waals surface area contributed by atoms with Gasteiger partial charge in [-0.15, -0.1) is 0 Å². The molecule has 0 saturated carbocycles. The summed E-state index contributed by atoms with van der Waals surface area (Å²) in [4.78, 5) is 4.54. The molecule has 0 unspecified atom stereocenters. The molecule has 2 aromatic rings. The van der Waals surface area contributed by atoms with Crippen LogP contribution in [0.2, 0.25) is 0 Å². The smallest absolute Gasteiger partial charge is 0.150 e. The molecule has 4 nitrogen and oxygen atoms in total. The molecule has 0 atom stereocenters. The Labute approximate surface area is 101 Å². The van der Waals surface area contributed by atoms with Crippen LogP contribution >= 0.6 is 0 Å². The van der Waals surface area contributed by atoms with Crippen LogP contribution in [0, 0.1) is 0 Å². The SMILES string of the molecule is CCCc1nc(Cc2cccc(N)c2)n(C)n1. The molecule has 1 heterocycles. The van der Waals surface area contributed by atoms with Gasteiger partial charge in [-0.25, -0.2) is 4.98 Å². The summed E-state index contributed by atoms with van der Waals surface area (Å²) in [7, 11) is 1.94. The molecule has 0 aliphatic rings. The van der Waals surface area contributed by atoms with Crippen LogP contribution in [-0.4, -0.2) is 14.8 Å². The van der Waals surface area contributed by atoms with Crippen LogP contribution < -0.4 is 5.73 Å². The molecule has 0 amide bonds. The van der Waals surface area contributed by atoms with E-state index in [1.165, 1.54) is 5.56 Å². The summed E-state index contributed by atoms with van der Waals surface area (Å²) in [5.74, 6) is 1.91. The maximum Gasteiger partial charge on any atom is 0.150 e. The molecule has 0 aliphatic heterocycles. The third-order valence-corrected chi connectivity index (χ3v) is 2.68. The topological polar surface area (TPSA) is 56.7 Å². The minimum absolute atomic E-state index is 0.776. The van der Waals surface area contributed by atoms with E-state index < -0.39 is 0 Å². The number of aromatic nitrogens is 3. The van der Waals surface area contributed by atoms with Crippen LogP contribution in [0.5, 0.6) is 0 Å². The Hall–Kier alpha value is -1.84. The lowest BCUT2D eigenvalue weighted by molar-refractivity contribution is 0.701. The third-order valence-electron chi connectivity index (χ3n) is 2.68. The minimum Gasteiger partial charge on any atom is -0.399 e. The molecule has 0 spiro atoms. The zero-order valence-corrected chi connectivity index (χ0v) is 10.3. The summed E-state index contributed by atoms with van der Waals surface area (Å²) < 4.78 is 1.86.